The predicted octanol–water partition coefficient (Wildman–Crippen LogP) is -10.9. The van der Waals surface area contributed by atoms with Crippen molar-refractivity contribution in [2.75, 3.05) is 0 Å². The Morgan fingerprint density at radius 3 is 0.600 bits per heavy atom. The number of rotatable bonds is 0. The molecule has 0 fully saturated rings. The normalized spacial score (nSPS) is 7.73. The van der Waals surface area contributed by atoms with Crippen LogP contribution in [0.1, 0.15) is 0 Å². The van der Waals surface area contributed by atoms with E-state index in [2.05, 4.69) is 0 Å². The van der Waals surface area contributed by atoms with Crippen LogP contribution < -0.4 is 103 Å². The summed E-state index contributed by atoms with van der Waals surface area (Å²) in [6, 6.07) is 0. The number of hydrogen-bond acceptors (Lipinski definition) is 8. The minimum atomic E-state index is -5.17. The van der Waals surface area contributed by atoms with Gasteiger partial charge in [0.2, 0.25) is 0 Å². The fourth-order valence-corrected chi connectivity index (χ4v) is 0. The zero-order valence-corrected chi connectivity index (χ0v) is 16.1. The first kappa shape index (κ1) is 42.9. The largest absolute Gasteiger partial charge is 2.00 e. The first-order valence-electron chi connectivity index (χ1n) is 1.33. The molecule has 0 aromatic rings. The van der Waals surface area contributed by atoms with Crippen LogP contribution in [0, 0.1) is 0 Å². The Morgan fingerprint density at radius 1 is 0.600 bits per heavy atom. The Kier molecular flexibility index (Phi) is 64.6. The summed E-state index contributed by atoms with van der Waals surface area (Å²) >= 11 is 0. The molecule has 0 aromatic heterocycles. The maximum atomic E-state index is 8.52. The van der Waals surface area contributed by atoms with Gasteiger partial charge in [0.25, 0.3) is 0 Å². The third-order valence-electron chi connectivity index (χ3n) is 0. The van der Waals surface area contributed by atoms with Crippen molar-refractivity contribution in [3.05, 3.63) is 0 Å². The fourth-order valence-electron chi connectivity index (χ4n) is 0. The molecule has 0 aliphatic heterocycles. The molecule has 0 aliphatic carbocycles. The molecule has 0 unspecified atom stereocenters. The predicted molar refractivity (Wildman–Crippen MR) is 43.8 cm³/mol. The molecule has 0 bridgehead atoms. The van der Waals surface area contributed by atoms with Gasteiger partial charge in [0, 0.05) is 20.8 Å². The van der Waals surface area contributed by atoms with Gasteiger partial charge in [-0.05, 0) is 0 Å². The van der Waals surface area contributed by atoms with Gasteiger partial charge in [0.05, 0.1) is 0 Å². The van der Waals surface area contributed by atoms with Gasteiger partial charge < -0.3 is 18.2 Å². The van der Waals surface area contributed by atoms with Gasteiger partial charge in [0.15, 0.2) is 0 Å². The van der Waals surface area contributed by atoms with Crippen molar-refractivity contribution in [2.24, 2.45) is 0 Å². The fraction of sp³-hybridized carbons (Fsp3) is 0. The molecule has 0 saturated heterocycles. The third-order valence-corrected chi connectivity index (χ3v) is 0. The monoisotopic (exact) mass is 378 g/mol. The summed E-state index contributed by atoms with van der Waals surface area (Å²) < 4.78 is 68.2. The van der Waals surface area contributed by atoms with Crippen LogP contribution in [0.5, 0.6) is 0 Å². The molecular weight excluding hydrogens is 375 g/mol. The van der Waals surface area contributed by atoms with Crippen molar-refractivity contribution < 1.29 is 138 Å². The average Bonchev–Trinajstić information content (AvgIpc) is 1.12. The zero-order chi connectivity index (χ0) is 9.00. The Hall–Kier alpha value is 6.30. The van der Waals surface area contributed by atoms with Crippen LogP contribution in [0.25, 0.3) is 0 Å². The van der Waals surface area contributed by atoms with Crippen molar-refractivity contribution in [1.82, 2.24) is 0 Å². The van der Waals surface area contributed by atoms with Crippen LogP contribution in [0.3, 0.4) is 0 Å². The average molecular weight is 379 g/mol. The molecule has 8 nitrogen and oxygen atoms in total. The minimum absolute atomic E-state index is 0. The van der Waals surface area contributed by atoms with Crippen LogP contribution in [0.4, 0.5) is 0 Å². The van der Waals surface area contributed by atoms with E-state index in [1.54, 1.807) is 0 Å². The SMILES string of the molecule is O=S(=O)([O-])[O-].O=S(=O)([O-])[O-].[CaH2].[CaH2].[K+].[K+].[Mg+2]. The van der Waals surface area contributed by atoms with Gasteiger partial charge in [0.1, 0.15) is 0 Å². The molecule has 0 amide bonds. The molecule has 0 heterocycles. The summed E-state index contributed by atoms with van der Waals surface area (Å²) in [5.74, 6) is 0. The van der Waals surface area contributed by atoms with Crippen molar-refractivity contribution in [1.29, 1.82) is 0 Å². The Morgan fingerprint density at radius 2 is 0.600 bits per heavy atom. The molecule has 15 heteroatoms. The van der Waals surface area contributed by atoms with Crippen molar-refractivity contribution in [3.63, 3.8) is 0 Å². The van der Waals surface area contributed by atoms with Gasteiger partial charge in [-0.1, -0.05) is 0 Å². The van der Waals surface area contributed by atoms with E-state index in [1.165, 1.54) is 0 Å². The Bertz CT molecular complexity index is 225. The molecule has 0 spiro atoms. The maximum absolute atomic E-state index is 8.52. The third kappa shape index (κ3) is 171. The zero-order valence-electron chi connectivity index (χ0n) is 6.79. The second kappa shape index (κ2) is 22.6. The Labute approximate surface area is 249 Å². The van der Waals surface area contributed by atoms with Gasteiger partial charge in [-0.2, -0.15) is 0 Å². The van der Waals surface area contributed by atoms with Crippen molar-refractivity contribution in [2.45, 2.75) is 0 Å². The molecule has 0 aromatic carbocycles. The van der Waals surface area contributed by atoms with Gasteiger partial charge in [-0.3, -0.25) is 16.8 Å². The quantitative estimate of drug-likeness (QED) is 0.228. The van der Waals surface area contributed by atoms with E-state index in [1.807, 2.05) is 0 Å². The minimum Gasteiger partial charge on any atom is 1.00 e. The maximum Gasteiger partial charge on any atom is 2.00 e. The van der Waals surface area contributed by atoms with Crippen LogP contribution in [0.2, 0.25) is 0 Å². The van der Waals surface area contributed by atoms with Crippen molar-refractivity contribution >= 4 is 119 Å². The molecule has 0 saturated carbocycles. The van der Waals surface area contributed by atoms with Gasteiger partial charge in [-0.25, -0.2) is 0 Å². The molecular formula is H4Ca2K2MgO8S2. The summed E-state index contributed by atoms with van der Waals surface area (Å²) in [6.07, 6.45) is 0. The first-order valence-corrected chi connectivity index (χ1v) is 4.00. The summed E-state index contributed by atoms with van der Waals surface area (Å²) in [7, 11) is -10.3. The second-order valence-corrected chi connectivity index (χ2v) is 2.45. The van der Waals surface area contributed by atoms with E-state index in [9.17, 15) is 0 Å². The van der Waals surface area contributed by atoms with Crippen LogP contribution in [0.15, 0.2) is 0 Å². The number of hydrogen-bond donors (Lipinski definition) is 0. The Balaban J connectivity index is -0.0000000128. The van der Waals surface area contributed by atoms with E-state index >= 15 is 0 Å². The van der Waals surface area contributed by atoms with E-state index < -0.39 is 20.8 Å². The molecule has 0 N–H and O–H groups in total. The van der Waals surface area contributed by atoms with E-state index in [4.69, 9.17) is 35.0 Å². The summed E-state index contributed by atoms with van der Waals surface area (Å²) in [4.78, 5) is 0. The van der Waals surface area contributed by atoms with E-state index in [0.29, 0.717) is 0 Å². The van der Waals surface area contributed by atoms with Gasteiger partial charge in [-0.15, -0.1) is 0 Å². The molecule has 0 radical (unpaired) electrons. The molecule has 15 heavy (non-hydrogen) atoms. The van der Waals surface area contributed by atoms with Crippen LogP contribution in [-0.2, 0) is 20.8 Å². The van der Waals surface area contributed by atoms with Gasteiger partial charge >= 0.3 is 201 Å². The summed E-state index contributed by atoms with van der Waals surface area (Å²) in [5, 5.41) is 0. The van der Waals surface area contributed by atoms with Crippen LogP contribution >= 0.6 is 0 Å². The molecule has 0 atom stereocenters. The second-order valence-electron chi connectivity index (χ2n) is 0.816. The topological polar surface area (TPSA) is 161 Å². The van der Waals surface area contributed by atoms with Crippen LogP contribution in [-0.4, -0.2) is 134 Å². The first-order chi connectivity index (χ1) is 4.00. The molecule has 0 rings (SSSR count). The summed E-state index contributed by atoms with van der Waals surface area (Å²) in [6.45, 7) is 0. The summed E-state index contributed by atoms with van der Waals surface area (Å²) in [5.41, 5.74) is 0. The standard InChI is InChI=1S/2Ca.2K.Mg.2H2O4S.4H/c;;;;;2*1-5(2,3)4;;;;/h;;;;;2*(H2,1,2,3,4);;;;/q;;2*+1;+2;;;;;;/p-4. The van der Waals surface area contributed by atoms with E-state index in [-0.39, 0.29) is 201 Å². The van der Waals surface area contributed by atoms with E-state index in [0.717, 1.165) is 0 Å². The smallest absolute Gasteiger partial charge is 1.00 e. The molecule has 0 aliphatic rings. The van der Waals surface area contributed by atoms with Crippen molar-refractivity contribution in [3.8, 4) is 0 Å². The molecule has 72 valence electrons.